The smallest absolute Gasteiger partial charge is 0.321 e. The first-order valence-electron chi connectivity index (χ1n) is 13.3. The van der Waals surface area contributed by atoms with E-state index < -0.39 is 0 Å². The average Bonchev–Trinajstić information content (AvgIpc) is 3.62. The van der Waals surface area contributed by atoms with Crippen molar-refractivity contribution in [2.45, 2.75) is 6.04 Å². The summed E-state index contributed by atoms with van der Waals surface area (Å²) in [6.45, 7) is 3.07. The molecular weight excluding hydrogens is 523 g/mol. The van der Waals surface area contributed by atoms with Gasteiger partial charge in [0.1, 0.15) is 23.5 Å². The van der Waals surface area contributed by atoms with E-state index in [1.807, 2.05) is 17.0 Å². The van der Waals surface area contributed by atoms with Crippen molar-refractivity contribution >= 4 is 28.6 Å². The Bertz CT molecular complexity index is 1760. The fraction of sp³-hybridized carbons (Fsp3) is 0.207. The molecule has 0 radical (unpaired) electrons. The highest BCUT2D eigenvalue weighted by molar-refractivity contribution is 5.91. The Hall–Kier alpha value is -4.94. The van der Waals surface area contributed by atoms with Crippen LogP contribution in [-0.4, -0.2) is 74.0 Å². The number of fused-ring (bicyclic) bond motifs is 2. The molecule has 2 amide bonds. The number of urea groups is 1. The van der Waals surface area contributed by atoms with Gasteiger partial charge >= 0.3 is 6.03 Å². The highest BCUT2D eigenvalue weighted by atomic mass is 19.1. The van der Waals surface area contributed by atoms with Gasteiger partial charge in [0.05, 0.1) is 29.1 Å². The fourth-order valence-corrected chi connectivity index (χ4v) is 5.24. The molecule has 1 unspecified atom stereocenters. The Morgan fingerprint density at radius 2 is 1.78 bits per heavy atom. The number of pyridine rings is 3. The van der Waals surface area contributed by atoms with Crippen molar-refractivity contribution in [2.75, 3.05) is 44.0 Å². The predicted molar refractivity (Wildman–Crippen MR) is 153 cm³/mol. The van der Waals surface area contributed by atoms with Crippen LogP contribution in [0.4, 0.5) is 20.7 Å². The van der Waals surface area contributed by atoms with E-state index in [0.717, 1.165) is 29.8 Å². The number of anilines is 2. The third-order valence-corrected chi connectivity index (χ3v) is 7.53. The Morgan fingerprint density at radius 1 is 0.976 bits per heavy atom. The molecule has 4 aromatic heterocycles. The van der Waals surface area contributed by atoms with Gasteiger partial charge in [0.15, 0.2) is 0 Å². The molecule has 12 heteroatoms. The zero-order chi connectivity index (χ0) is 27.9. The fourth-order valence-electron chi connectivity index (χ4n) is 5.24. The van der Waals surface area contributed by atoms with Gasteiger partial charge in [-0.05, 0) is 25.2 Å². The first kappa shape index (κ1) is 25.1. The van der Waals surface area contributed by atoms with Crippen molar-refractivity contribution in [1.82, 2.24) is 40.1 Å². The molecule has 2 aliphatic rings. The van der Waals surface area contributed by atoms with Crippen LogP contribution in [0.15, 0.2) is 67.4 Å². The lowest BCUT2D eigenvalue weighted by atomic mass is 10.0. The van der Waals surface area contributed by atoms with Gasteiger partial charge < -0.3 is 25.5 Å². The first-order valence-corrected chi connectivity index (χ1v) is 13.3. The van der Waals surface area contributed by atoms with Gasteiger partial charge in [0.2, 0.25) is 0 Å². The maximum atomic E-state index is 14.6. The number of likely N-dealkylation sites (N-methyl/N-ethyl adjacent to an activating group) is 1. The second kappa shape index (κ2) is 10.2. The summed E-state index contributed by atoms with van der Waals surface area (Å²) in [6.07, 6.45) is 8.45. The predicted octanol–water partition coefficient (Wildman–Crippen LogP) is 4.02. The van der Waals surface area contributed by atoms with Crippen LogP contribution in [-0.2, 0) is 0 Å². The number of halogens is 1. The number of aromatic amines is 1. The number of benzene rings is 1. The number of rotatable bonds is 4. The second-order valence-corrected chi connectivity index (χ2v) is 10.2. The summed E-state index contributed by atoms with van der Waals surface area (Å²) in [5.41, 5.74) is 11.9. The summed E-state index contributed by atoms with van der Waals surface area (Å²) in [7, 11) is 2.05. The Labute approximate surface area is 234 Å². The number of hydrogen-bond donors (Lipinski definition) is 4. The standard InChI is InChI=1S/C29H27FN10O/c1-39-6-8-40(9-7-39)29(41)34-19-10-17(12-31-14-19)18-11-21-26(37-38-27(21)33-13-18)28-35-24-16-32-15-22(25(24)36-28)20-4-2-3-5-23(20)30/h2-5,10-16,26,37H,6-9H2,1H3,(H,33,38)(H,34,41)(H,35,36). The topological polar surface area (TPSA) is 127 Å². The number of nitrogens with zero attached hydrogens (tertiary/aromatic N) is 6. The number of piperazine rings is 1. The van der Waals surface area contributed by atoms with Gasteiger partial charge in [0, 0.05) is 72.6 Å². The van der Waals surface area contributed by atoms with Crippen LogP contribution in [0.25, 0.3) is 33.3 Å². The van der Waals surface area contributed by atoms with E-state index in [1.54, 1.807) is 49.2 Å². The molecule has 1 atom stereocenters. The molecule has 4 N–H and O–H groups in total. The number of imidazole rings is 1. The molecule has 0 bridgehead atoms. The number of hydrazine groups is 1. The van der Waals surface area contributed by atoms with Crippen molar-refractivity contribution in [2.24, 2.45) is 0 Å². The van der Waals surface area contributed by atoms with E-state index in [-0.39, 0.29) is 17.9 Å². The van der Waals surface area contributed by atoms with Crippen LogP contribution in [0.2, 0.25) is 0 Å². The molecule has 7 rings (SSSR count). The van der Waals surface area contributed by atoms with Gasteiger partial charge in [-0.15, -0.1) is 0 Å². The molecule has 11 nitrogen and oxygen atoms in total. The normalized spacial score (nSPS) is 16.9. The minimum absolute atomic E-state index is 0.133. The van der Waals surface area contributed by atoms with E-state index in [1.165, 1.54) is 6.07 Å². The molecule has 1 fully saturated rings. The third-order valence-electron chi connectivity index (χ3n) is 7.53. The van der Waals surface area contributed by atoms with E-state index >= 15 is 0 Å². The van der Waals surface area contributed by atoms with E-state index in [0.29, 0.717) is 52.6 Å². The van der Waals surface area contributed by atoms with Crippen LogP contribution in [0.1, 0.15) is 17.4 Å². The van der Waals surface area contributed by atoms with Crippen LogP contribution in [0.5, 0.6) is 0 Å². The largest absolute Gasteiger partial charge is 0.339 e. The van der Waals surface area contributed by atoms with Crippen LogP contribution < -0.4 is 16.2 Å². The quantitative estimate of drug-likeness (QED) is 0.264. The third kappa shape index (κ3) is 4.72. The summed E-state index contributed by atoms with van der Waals surface area (Å²) in [5, 5.41) is 2.97. The van der Waals surface area contributed by atoms with Crippen molar-refractivity contribution in [3.05, 3.63) is 84.6 Å². The molecule has 6 heterocycles. The number of nitrogens with one attached hydrogen (secondary N) is 4. The second-order valence-electron chi connectivity index (χ2n) is 10.2. The van der Waals surface area contributed by atoms with Crippen molar-refractivity contribution in [3.63, 3.8) is 0 Å². The number of carbonyl (C=O) groups is 1. The molecule has 1 saturated heterocycles. The number of amides is 2. The molecule has 206 valence electrons. The van der Waals surface area contributed by atoms with Crippen molar-refractivity contribution in [1.29, 1.82) is 0 Å². The van der Waals surface area contributed by atoms with Crippen molar-refractivity contribution < 1.29 is 9.18 Å². The molecular formula is C29H27FN10O. The minimum Gasteiger partial charge on any atom is -0.339 e. The molecule has 5 aromatic rings. The highest BCUT2D eigenvalue weighted by Gasteiger charge is 2.28. The van der Waals surface area contributed by atoms with Crippen LogP contribution in [0.3, 0.4) is 0 Å². The molecule has 1 aromatic carbocycles. The molecule has 0 aliphatic carbocycles. The Balaban J connectivity index is 1.17. The van der Waals surface area contributed by atoms with Gasteiger partial charge in [-0.25, -0.2) is 24.6 Å². The average molecular weight is 551 g/mol. The number of carbonyl (C=O) groups excluding carboxylic acids is 1. The maximum absolute atomic E-state index is 14.6. The van der Waals surface area contributed by atoms with E-state index in [9.17, 15) is 9.18 Å². The number of aromatic nitrogens is 5. The van der Waals surface area contributed by atoms with Gasteiger partial charge in [-0.2, -0.15) is 0 Å². The van der Waals surface area contributed by atoms with Crippen molar-refractivity contribution in [3.8, 4) is 22.3 Å². The van der Waals surface area contributed by atoms with Gasteiger partial charge in [0.25, 0.3) is 0 Å². The lowest BCUT2D eigenvalue weighted by Crippen LogP contribution is -2.48. The number of H-pyrrole nitrogens is 1. The Kier molecular flexibility index (Phi) is 6.25. The summed E-state index contributed by atoms with van der Waals surface area (Å²) >= 11 is 0. The molecule has 41 heavy (non-hydrogen) atoms. The molecule has 0 spiro atoms. The first-order chi connectivity index (χ1) is 20.0. The Morgan fingerprint density at radius 3 is 2.63 bits per heavy atom. The van der Waals surface area contributed by atoms with Gasteiger partial charge in [-0.1, -0.05) is 18.2 Å². The SMILES string of the molecule is CN1CCN(C(=O)Nc2cncc(-c3cnc4c(c3)C(c3nc5c(-c6ccccc6F)cncc5[nH]3)NN4)c2)CC1. The van der Waals surface area contributed by atoms with Crippen LogP contribution >= 0.6 is 0 Å². The molecule has 0 saturated carbocycles. The number of hydrogen-bond acceptors (Lipinski definition) is 8. The lowest BCUT2D eigenvalue weighted by molar-refractivity contribution is 0.164. The van der Waals surface area contributed by atoms with Gasteiger partial charge in [-0.3, -0.25) is 9.97 Å². The monoisotopic (exact) mass is 550 g/mol. The van der Waals surface area contributed by atoms with E-state index in [4.69, 9.17) is 4.98 Å². The van der Waals surface area contributed by atoms with Crippen LogP contribution in [0, 0.1) is 5.82 Å². The highest BCUT2D eigenvalue weighted by Crippen LogP contribution is 2.36. The maximum Gasteiger partial charge on any atom is 0.321 e. The molecule has 2 aliphatic heterocycles. The van der Waals surface area contributed by atoms with E-state index in [2.05, 4.69) is 48.1 Å². The summed E-state index contributed by atoms with van der Waals surface area (Å²) in [4.78, 5) is 38.3. The summed E-state index contributed by atoms with van der Waals surface area (Å²) < 4.78 is 14.6. The summed E-state index contributed by atoms with van der Waals surface area (Å²) in [6, 6.07) is 10.0. The zero-order valence-electron chi connectivity index (χ0n) is 22.2. The lowest BCUT2D eigenvalue weighted by Gasteiger charge is -2.32. The minimum atomic E-state index is -0.341. The zero-order valence-corrected chi connectivity index (χ0v) is 22.2. The summed E-state index contributed by atoms with van der Waals surface area (Å²) in [5.74, 6) is 0.989.